The van der Waals surface area contributed by atoms with E-state index in [1.807, 2.05) is 60.7 Å². The number of aryl methyl sites for hydroxylation is 1. The molecule has 1 atom stereocenters. The highest BCUT2D eigenvalue weighted by atomic mass is 79.9. The van der Waals surface area contributed by atoms with Gasteiger partial charge in [-0.1, -0.05) is 76.6 Å². The lowest BCUT2D eigenvalue weighted by atomic mass is 9.99. The lowest BCUT2D eigenvalue weighted by molar-refractivity contribution is 0.371. The van der Waals surface area contributed by atoms with Crippen molar-refractivity contribution in [3.05, 3.63) is 100 Å². The third-order valence-corrected chi connectivity index (χ3v) is 7.22. The smallest absolute Gasteiger partial charge is 0.200 e. The molecule has 0 spiro atoms. The van der Waals surface area contributed by atoms with Crippen LogP contribution >= 0.6 is 15.9 Å². The van der Waals surface area contributed by atoms with Gasteiger partial charge in [0.15, 0.2) is 0 Å². The molecule has 1 aliphatic heterocycles. The molecule has 0 aliphatic carbocycles. The molecule has 4 nitrogen and oxygen atoms in total. The summed E-state index contributed by atoms with van der Waals surface area (Å²) in [6.07, 6.45) is 0.525. The zero-order chi connectivity index (χ0) is 19.7. The molecule has 6 heteroatoms. The summed E-state index contributed by atoms with van der Waals surface area (Å²) in [5.74, 6) is 0. The van der Waals surface area contributed by atoms with Crippen molar-refractivity contribution in [2.45, 2.75) is 24.3 Å². The van der Waals surface area contributed by atoms with Crippen LogP contribution in [0.4, 0.5) is 0 Å². The summed E-state index contributed by atoms with van der Waals surface area (Å²) in [5, 5.41) is 4.58. The van der Waals surface area contributed by atoms with Crippen LogP contribution in [0.2, 0.25) is 0 Å². The first-order valence-electron chi connectivity index (χ1n) is 8.95. The Kier molecular flexibility index (Phi) is 5.08. The second-order valence-corrected chi connectivity index (χ2v) is 9.41. The van der Waals surface area contributed by atoms with Crippen LogP contribution in [0.3, 0.4) is 0 Å². The van der Waals surface area contributed by atoms with Gasteiger partial charge in [0.1, 0.15) is 0 Å². The molecule has 0 fully saturated rings. The Morgan fingerprint density at radius 1 is 0.929 bits per heavy atom. The van der Waals surface area contributed by atoms with E-state index in [-0.39, 0.29) is 10.9 Å². The summed E-state index contributed by atoms with van der Waals surface area (Å²) >= 11 is 3.44. The van der Waals surface area contributed by atoms with E-state index in [0.717, 1.165) is 21.3 Å². The SMILES string of the molecule is Cc1ccccc1S(=O)(=O)N1N=C(c2ccccc2)C[C@H]1c1ccc(Br)cc1. The van der Waals surface area contributed by atoms with Crippen molar-refractivity contribution >= 4 is 31.7 Å². The van der Waals surface area contributed by atoms with Crippen LogP contribution in [0.25, 0.3) is 0 Å². The van der Waals surface area contributed by atoms with E-state index in [1.54, 1.807) is 25.1 Å². The van der Waals surface area contributed by atoms with Gasteiger partial charge < -0.3 is 0 Å². The molecule has 28 heavy (non-hydrogen) atoms. The van der Waals surface area contributed by atoms with Crippen molar-refractivity contribution in [3.8, 4) is 0 Å². The first kappa shape index (κ1) is 18.9. The summed E-state index contributed by atoms with van der Waals surface area (Å²) in [6.45, 7) is 1.80. The molecular formula is C22H19BrN2O2S. The van der Waals surface area contributed by atoms with E-state index in [2.05, 4.69) is 21.0 Å². The zero-order valence-electron chi connectivity index (χ0n) is 15.3. The molecule has 0 unspecified atom stereocenters. The summed E-state index contributed by atoms with van der Waals surface area (Å²) in [6, 6.07) is 24.1. The van der Waals surface area contributed by atoms with Gasteiger partial charge in [-0.05, 0) is 41.8 Å². The molecule has 0 radical (unpaired) electrons. The Labute approximate surface area is 173 Å². The van der Waals surface area contributed by atoms with Crippen LogP contribution < -0.4 is 0 Å². The average molecular weight is 455 g/mol. The fourth-order valence-electron chi connectivity index (χ4n) is 3.40. The predicted octanol–water partition coefficient (Wildman–Crippen LogP) is 5.30. The highest BCUT2D eigenvalue weighted by Gasteiger charge is 2.38. The van der Waals surface area contributed by atoms with Crippen molar-refractivity contribution in [2.75, 3.05) is 0 Å². The van der Waals surface area contributed by atoms with E-state index >= 15 is 0 Å². The van der Waals surface area contributed by atoms with Crippen LogP contribution in [0.5, 0.6) is 0 Å². The molecule has 1 aliphatic rings. The van der Waals surface area contributed by atoms with Gasteiger partial charge in [0.25, 0.3) is 10.0 Å². The van der Waals surface area contributed by atoms with Gasteiger partial charge >= 0.3 is 0 Å². The van der Waals surface area contributed by atoms with Gasteiger partial charge in [-0.25, -0.2) is 0 Å². The van der Waals surface area contributed by atoms with Gasteiger partial charge in [0.2, 0.25) is 0 Å². The number of hydrogen-bond acceptors (Lipinski definition) is 3. The lowest BCUT2D eigenvalue weighted by Crippen LogP contribution is -2.27. The normalized spacial score (nSPS) is 16.9. The third-order valence-electron chi connectivity index (χ3n) is 4.85. The topological polar surface area (TPSA) is 49.7 Å². The molecule has 0 aromatic heterocycles. The summed E-state index contributed by atoms with van der Waals surface area (Å²) in [4.78, 5) is 0.287. The number of nitrogens with zero attached hydrogens (tertiary/aromatic N) is 2. The van der Waals surface area contributed by atoms with Crippen LogP contribution in [-0.2, 0) is 10.0 Å². The minimum Gasteiger partial charge on any atom is -0.200 e. The molecule has 4 rings (SSSR count). The fraction of sp³-hybridized carbons (Fsp3) is 0.136. The van der Waals surface area contributed by atoms with E-state index in [1.165, 1.54) is 4.41 Å². The van der Waals surface area contributed by atoms with Crippen LogP contribution in [0.1, 0.15) is 29.2 Å². The number of benzene rings is 3. The first-order valence-corrected chi connectivity index (χ1v) is 11.2. The molecule has 1 heterocycles. The summed E-state index contributed by atoms with van der Waals surface area (Å²) in [5.41, 5.74) is 3.33. The number of hydrazone groups is 1. The molecule has 3 aromatic carbocycles. The summed E-state index contributed by atoms with van der Waals surface area (Å²) < 4.78 is 29.2. The quantitative estimate of drug-likeness (QED) is 0.536. The van der Waals surface area contributed by atoms with E-state index in [0.29, 0.717) is 12.0 Å². The number of halogens is 1. The minimum absolute atomic E-state index is 0.287. The Morgan fingerprint density at radius 2 is 1.57 bits per heavy atom. The second kappa shape index (κ2) is 7.53. The van der Waals surface area contributed by atoms with Crippen molar-refractivity contribution in [3.63, 3.8) is 0 Å². The Balaban J connectivity index is 1.82. The van der Waals surface area contributed by atoms with Crippen molar-refractivity contribution in [1.29, 1.82) is 0 Å². The number of rotatable bonds is 4. The molecule has 0 N–H and O–H groups in total. The lowest BCUT2D eigenvalue weighted by Gasteiger charge is -2.24. The van der Waals surface area contributed by atoms with Crippen molar-refractivity contribution in [1.82, 2.24) is 4.41 Å². The second-order valence-electron chi connectivity index (χ2n) is 6.73. The molecule has 0 bridgehead atoms. The molecular weight excluding hydrogens is 436 g/mol. The standard InChI is InChI=1S/C22H19BrN2O2S/c1-16-7-5-6-10-22(16)28(26,27)25-21(18-11-13-19(23)14-12-18)15-20(24-25)17-8-3-2-4-9-17/h2-14,21H,15H2,1H3/t21-/m0/s1. The van der Waals surface area contributed by atoms with Gasteiger partial charge in [-0.15, -0.1) is 0 Å². The average Bonchev–Trinajstić information content (AvgIpc) is 3.16. The molecule has 3 aromatic rings. The maximum atomic E-state index is 13.5. The monoisotopic (exact) mass is 454 g/mol. The van der Waals surface area contributed by atoms with Crippen LogP contribution in [0.15, 0.2) is 93.3 Å². The highest BCUT2D eigenvalue weighted by Crippen LogP contribution is 2.38. The molecule has 0 saturated heterocycles. The van der Waals surface area contributed by atoms with Crippen LogP contribution in [-0.4, -0.2) is 18.5 Å². The Hall–Kier alpha value is -2.44. The minimum atomic E-state index is -3.78. The molecule has 0 saturated carbocycles. The van der Waals surface area contributed by atoms with Crippen molar-refractivity contribution < 1.29 is 8.42 Å². The van der Waals surface area contributed by atoms with Gasteiger partial charge in [-0.3, -0.25) is 0 Å². The van der Waals surface area contributed by atoms with Crippen molar-refractivity contribution in [2.24, 2.45) is 5.10 Å². The van der Waals surface area contributed by atoms with E-state index in [4.69, 9.17) is 0 Å². The van der Waals surface area contributed by atoms with Crippen LogP contribution in [0, 0.1) is 6.92 Å². The van der Waals surface area contributed by atoms with E-state index < -0.39 is 10.0 Å². The summed E-state index contributed by atoms with van der Waals surface area (Å²) in [7, 11) is -3.78. The number of sulfonamides is 1. The van der Waals surface area contributed by atoms with Gasteiger partial charge in [0, 0.05) is 10.9 Å². The maximum Gasteiger partial charge on any atom is 0.279 e. The predicted molar refractivity (Wildman–Crippen MR) is 115 cm³/mol. The van der Waals surface area contributed by atoms with Gasteiger partial charge in [0.05, 0.1) is 16.6 Å². The van der Waals surface area contributed by atoms with Gasteiger partial charge in [-0.2, -0.15) is 17.9 Å². The first-order chi connectivity index (χ1) is 13.5. The number of hydrogen-bond donors (Lipinski definition) is 0. The maximum absolute atomic E-state index is 13.5. The van der Waals surface area contributed by atoms with E-state index in [9.17, 15) is 8.42 Å². The molecule has 142 valence electrons. The largest absolute Gasteiger partial charge is 0.279 e. The highest BCUT2D eigenvalue weighted by molar-refractivity contribution is 9.10. The molecule has 0 amide bonds. The third kappa shape index (κ3) is 3.50. The Bertz CT molecular complexity index is 1130. The fourth-order valence-corrected chi connectivity index (χ4v) is 5.32. The Morgan fingerprint density at radius 3 is 2.25 bits per heavy atom. The zero-order valence-corrected chi connectivity index (χ0v) is 17.7.